The molecule has 0 spiro atoms. The second-order valence-corrected chi connectivity index (χ2v) is 11.2. The summed E-state index contributed by atoms with van der Waals surface area (Å²) in [5, 5.41) is 7.68. The Kier molecular flexibility index (Phi) is 9.90. The molecule has 0 aliphatic rings. The lowest BCUT2D eigenvalue weighted by Crippen LogP contribution is -2.35. The molecule has 12 nitrogen and oxygen atoms in total. The van der Waals surface area contributed by atoms with Crippen molar-refractivity contribution in [3.05, 3.63) is 47.3 Å². The highest BCUT2D eigenvalue weighted by Crippen LogP contribution is 2.30. The van der Waals surface area contributed by atoms with Crippen LogP contribution in [0.3, 0.4) is 0 Å². The summed E-state index contributed by atoms with van der Waals surface area (Å²) in [6, 6.07) is 1.45. The molecule has 3 rings (SSSR count). The number of pyridine rings is 1. The third kappa shape index (κ3) is 7.20. The van der Waals surface area contributed by atoms with Crippen molar-refractivity contribution < 1.29 is 22.6 Å². The van der Waals surface area contributed by atoms with Crippen LogP contribution in [0.25, 0.3) is 11.4 Å². The maximum Gasteiger partial charge on any atom is 0.240 e. The fraction of sp³-hybridized carbons (Fsp3) is 0.522. The average molecular weight is 554 g/mol. The van der Waals surface area contributed by atoms with Crippen molar-refractivity contribution in [2.75, 3.05) is 32.2 Å². The number of methoxy groups -OCH3 is 2. The molecule has 0 saturated heterocycles. The number of anilines is 1. The second-order valence-electron chi connectivity index (χ2n) is 8.75. The van der Waals surface area contributed by atoms with Gasteiger partial charge in [0.05, 0.1) is 30.4 Å². The van der Waals surface area contributed by atoms with Crippen molar-refractivity contribution in [3.63, 3.8) is 0 Å². The smallest absolute Gasteiger partial charge is 0.240 e. The number of aryl methyl sites for hydroxylation is 1. The molecule has 3 aromatic heterocycles. The largest absolute Gasteiger partial charge is 0.382 e. The Hall–Kier alpha value is -2.71. The van der Waals surface area contributed by atoms with Crippen molar-refractivity contribution >= 4 is 27.6 Å². The van der Waals surface area contributed by atoms with Gasteiger partial charge in [-0.2, -0.15) is 0 Å². The van der Waals surface area contributed by atoms with Gasteiger partial charge in [0.1, 0.15) is 11.4 Å². The SMILES string of the molecule is COCC(COC)n1c(NS(=O)(=O)[C@@H](C)[C@@H](OC(C)C)c2ncc(Cl)cn2)nnc1-c1cncc(C)c1. The fourth-order valence-electron chi connectivity index (χ4n) is 3.69. The summed E-state index contributed by atoms with van der Waals surface area (Å²) in [6.07, 6.45) is 4.87. The summed E-state index contributed by atoms with van der Waals surface area (Å²) < 4.78 is 48.2. The average Bonchev–Trinajstić information content (AvgIpc) is 3.25. The van der Waals surface area contributed by atoms with Crippen LogP contribution < -0.4 is 4.72 Å². The van der Waals surface area contributed by atoms with Crippen molar-refractivity contribution in [1.29, 1.82) is 0 Å². The number of halogens is 1. The van der Waals surface area contributed by atoms with E-state index in [4.69, 9.17) is 25.8 Å². The van der Waals surface area contributed by atoms with E-state index in [1.54, 1.807) is 45.0 Å². The van der Waals surface area contributed by atoms with Gasteiger partial charge >= 0.3 is 0 Å². The monoisotopic (exact) mass is 553 g/mol. The van der Waals surface area contributed by atoms with E-state index in [1.165, 1.54) is 19.3 Å². The van der Waals surface area contributed by atoms with Crippen molar-refractivity contribution in [2.24, 2.45) is 0 Å². The van der Waals surface area contributed by atoms with Crippen LogP contribution in [0.15, 0.2) is 30.9 Å². The van der Waals surface area contributed by atoms with Gasteiger partial charge in [-0.25, -0.2) is 18.4 Å². The molecule has 202 valence electrons. The first-order valence-corrected chi connectivity index (χ1v) is 13.5. The number of nitrogens with zero attached hydrogens (tertiary/aromatic N) is 6. The summed E-state index contributed by atoms with van der Waals surface area (Å²) in [5.41, 5.74) is 1.58. The minimum Gasteiger partial charge on any atom is -0.382 e. The molecule has 37 heavy (non-hydrogen) atoms. The number of hydrogen-bond acceptors (Lipinski definition) is 10. The van der Waals surface area contributed by atoms with Crippen LogP contribution in [-0.2, 0) is 24.2 Å². The Morgan fingerprint density at radius 3 is 2.24 bits per heavy atom. The molecule has 0 aliphatic heterocycles. The third-order valence-electron chi connectivity index (χ3n) is 5.38. The van der Waals surface area contributed by atoms with Crippen molar-refractivity contribution in [1.82, 2.24) is 29.7 Å². The van der Waals surface area contributed by atoms with Gasteiger partial charge in [-0.15, -0.1) is 10.2 Å². The first-order chi connectivity index (χ1) is 17.6. The third-order valence-corrected chi connectivity index (χ3v) is 7.26. The normalized spacial score (nSPS) is 13.8. The first-order valence-electron chi connectivity index (χ1n) is 11.6. The van der Waals surface area contributed by atoms with Crippen molar-refractivity contribution in [3.8, 4) is 11.4 Å². The van der Waals surface area contributed by atoms with Gasteiger partial charge in [0, 0.05) is 44.6 Å². The Balaban J connectivity index is 2.04. The lowest BCUT2D eigenvalue weighted by atomic mass is 10.2. The second kappa shape index (κ2) is 12.7. The van der Waals surface area contributed by atoms with Gasteiger partial charge < -0.3 is 14.2 Å². The maximum absolute atomic E-state index is 13.6. The number of ether oxygens (including phenoxy) is 3. The first kappa shape index (κ1) is 28.9. The maximum atomic E-state index is 13.6. The molecule has 0 unspecified atom stereocenters. The number of nitrogens with one attached hydrogen (secondary N) is 1. The molecular formula is C23H32ClN7O5S. The van der Waals surface area contributed by atoms with Crippen LogP contribution in [0.5, 0.6) is 0 Å². The van der Waals surface area contributed by atoms with E-state index >= 15 is 0 Å². The summed E-state index contributed by atoms with van der Waals surface area (Å²) in [6.45, 7) is 7.46. The highest BCUT2D eigenvalue weighted by molar-refractivity contribution is 7.93. The van der Waals surface area contributed by atoms with Crippen LogP contribution in [0.1, 0.15) is 44.3 Å². The Labute approximate surface area is 221 Å². The lowest BCUT2D eigenvalue weighted by Gasteiger charge is -2.26. The minimum atomic E-state index is -4.09. The van der Waals surface area contributed by atoms with Gasteiger partial charge in [-0.05, 0) is 39.3 Å². The quantitative estimate of drug-likeness (QED) is 0.335. The summed E-state index contributed by atoms with van der Waals surface area (Å²) in [7, 11) is -0.991. The molecule has 1 N–H and O–H groups in total. The van der Waals surface area contributed by atoms with Crippen LogP contribution in [0, 0.1) is 6.92 Å². The topological polar surface area (TPSA) is 143 Å². The van der Waals surface area contributed by atoms with Gasteiger partial charge in [-0.3, -0.25) is 14.3 Å². The molecular weight excluding hydrogens is 522 g/mol. The van der Waals surface area contributed by atoms with Gasteiger partial charge in [-0.1, -0.05) is 11.6 Å². The number of sulfonamides is 1. The number of rotatable bonds is 13. The van der Waals surface area contributed by atoms with Crippen LogP contribution in [0.2, 0.25) is 5.02 Å². The van der Waals surface area contributed by atoms with E-state index in [0.29, 0.717) is 16.4 Å². The van der Waals surface area contributed by atoms with Gasteiger partial charge in [0.15, 0.2) is 11.6 Å². The molecule has 0 bridgehead atoms. The number of hydrogen-bond donors (Lipinski definition) is 1. The van der Waals surface area contributed by atoms with Crippen LogP contribution >= 0.6 is 11.6 Å². The summed E-state index contributed by atoms with van der Waals surface area (Å²) >= 11 is 5.92. The molecule has 0 aliphatic carbocycles. The summed E-state index contributed by atoms with van der Waals surface area (Å²) in [4.78, 5) is 12.6. The van der Waals surface area contributed by atoms with E-state index in [2.05, 4.69) is 29.9 Å². The zero-order chi connectivity index (χ0) is 27.2. The standard InChI is InChI=1S/C23H32ClN7O5S/c1-14(2)36-20(21-26-10-18(24)11-27-21)16(4)37(32,33)30-23-29-28-22(17-7-15(3)8-25-9-17)31(23)19(12-34-5)13-35-6/h7-11,14,16,19-20H,12-13H2,1-6H3,(H,29,30)/t16-,20+/m0/s1. The van der Waals surface area contributed by atoms with E-state index in [0.717, 1.165) is 5.56 Å². The Bertz CT molecular complexity index is 1260. The molecule has 0 amide bonds. The Morgan fingerprint density at radius 2 is 1.68 bits per heavy atom. The van der Waals surface area contributed by atoms with Crippen LogP contribution in [0.4, 0.5) is 5.95 Å². The predicted molar refractivity (Wildman–Crippen MR) is 139 cm³/mol. The molecule has 14 heteroatoms. The molecule has 3 heterocycles. The molecule has 0 fully saturated rings. The Morgan fingerprint density at radius 1 is 1.03 bits per heavy atom. The fourth-order valence-corrected chi connectivity index (χ4v) is 4.88. The van der Waals surface area contributed by atoms with Gasteiger partial charge in [0.2, 0.25) is 16.0 Å². The van der Waals surface area contributed by atoms with Crippen LogP contribution in [-0.4, -0.2) is 76.9 Å². The minimum absolute atomic E-state index is 0.00257. The molecule has 3 aromatic rings. The molecule has 0 saturated carbocycles. The van der Waals surface area contributed by atoms with Gasteiger partial charge in [0.25, 0.3) is 0 Å². The molecule has 2 atom stereocenters. The summed E-state index contributed by atoms with van der Waals surface area (Å²) in [5.74, 6) is 0.611. The molecule has 0 radical (unpaired) electrons. The predicted octanol–water partition coefficient (Wildman–Crippen LogP) is 3.22. The number of aromatic nitrogens is 6. The zero-order valence-corrected chi connectivity index (χ0v) is 23.2. The van der Waals surface area contributed by atoms with E-state index in [9.17, 15) is 8.42 Å². The lowest BCUT2D eigenvalue weighted by molar-refractivity contribution is 0.00154. The highest BCUT2D eigenvalue weighted by Gasteiger charge is 2.36. The highest BCUT2D eigenvalue weighted by atomic mass is 35.5. The zero-order valence-electron chi connectivity index (χ0n) is 21.6. The van der Waals surface area contributed by atoms with Crippen molar-refractivity contribution in [2.45, 2.75) is 51.2 Å². The van der Waals surface area contributed by atoms with E-state index < -0.39 is 27.4 Å². The van der Waals surface area contributed by atoms with E-state index in [-0.39, 0.29) is 31.1 Å². The van der Waals surface area contributed by atoms with E-state index in [1.807, 2.05) is 13.0 Å². The molecule has 0 aromatic carbocycles.